The molecule has 0 amide bonds. The average Bonchev–Trinajstić information content (AvgIpc) is 2.34. The zero-order chi connectivity index (χ0) is 9.14. The molecule has 0 spiro atoms. The second-order valence-electron chi connectivity index (χ2n) is 3.16. The summed E-state index contributed by atoms with van der Waals surface area (Å²) in [5.41, 5.74) is 6.79. The summed E-state index contributed by atoms with van der Waals surface area (Å²) in [6.45, 7) is 6.41. The first-order valence-corrected chi connectivity index (χ1v) is 4.81. The van der Waals surface area contributed by atoms with Crippen LogP contribution in [-0.2, 0) is 0 Å². The fourth-order valence-electron chi connectivity index (χ4n) is 1.05. The van der Waals surface area contributed by atoms with Crippen molar-refractivity contribution in [3.05, 3.63) is 17.2 Å². The van der Waals surface area contributed by atoms with Crippen LogP contribution in [0.15, 0.2) is 12.3 Å². The lowest BCUT2D eigenvalue weighted by atomic mass is 10.1. The highest BCUT2D eigenvalue weighted by Crippen LogP contribution is 2.23. The third-order valence-electron chi connectivity index (χ3n) is 1.50. The number of nitrogen functional groups attached to an aromatic ring is 1. The lowest BCUT2D eigenvalue weighted by molar-refractivity contribution is 0.833. The molecule has 0 aliphatic carbocycles. The van der Waals surface area contributed by atoms with E-state index in [1.165, 1.54) is 21.8 Å². The molecule has 0 aliphatic rings. The SMILES string of the molecule is CC(=CC(C)C)c1cnc(N)s1. The van der Waals surface area contributed by atoms with Gasteiger partial charge in [0.2, 0.25) is 0 Å². The minimum absolute atomic E-state index is 0.577. The van der Waals surface area contributed by atoms with Gasteiger partial charge in [-0.15, -0.1) is 0 Å². The van der Waals surface area contributed by atoms with Gasteiger partial charge < -0.3 is 5.73 Å². The van der Waals surface area contributed by atoms with E-state index < -0.39 is 0 Å². The van der Waals surface area contributed by atoms with Crippen molar-refractivity contribution in [1.82, 2.24) is 4.98 Å². The van der Waals surface area contributed by atoms with E-state index in [0.29, 0.717) is 11.0 Å². The minimum atomic E-state index is 0.577. The summed E-state index contributed by atoms with van der Waals surface area (Å²) >= 11 is 1.54. The lowest BCUT2D eigenvalue weighted by Crippen LogP contribution is -1.80. The van der Waals surface area contributed by atoms with Crippen molar-refractivity contribution in [3.63, 3.8) is 0 Å². The van der Waals surface area contributed by atoms with Gasteiger partial charge in [0.05, 0.1) is 4.88 Å². The monoisotopic (exact) mass is 182 g/mol. The van der Waals surface area contributed by atoms with E-state index in [1.807, 2.05) is 6.20 Å². The summed E-state index contributed by atoms with van der Waals surface area (Å²) in [7, 11) is 0. The van der Waals surface area contributed by atoms with Crippen LogP contribution in [0.4, 0.5) is 5.13 Å². The van der Waals surface area contributed by atoms with E-state index in [0.717, 1.165) is 0 Å². The predicted octanol–water partition coefficient (Wildman–Crippen LogP) is 2.78. The molecule has 0 radical (unpaired) electrons. The van der Waals surface area contributed by atoms with Crippen molar-refractivity contribution < 1.29 is 0 Å². The molecule has 0 unspecified atom stereocenters. The van der Waals surface area contributed by atoms with Crippen molar-refractivity contribution in [2.45, 2.75) is 20.8 Å². The number of allylic oxidation sites excluding steroid dienone is 2. The van der Waals surface area contributed by atoms with Gasteiger partial charge in [-0.1, -0.05) is 31.3 Å². The molecule has 0 bridgehead atoms. The van der Waals surface area contributed by atoms with Gasteiger partial charge in [-0.25, -0.2) is 4.98 Å². The molecule has 0 aromatic carbocycles. The van der Waals surface area contributed by atoms with E-state index in [9.17, 15) is 0 Å². The molecule has 1 rings (SSSR count). The van der Waals surface area contributed by atoms with Gasteiger partial charge in [0.25, 0.3) is 0 Å². The number of nitrogens with two attached hydrogens (primary N) is 1. The third-order valence-corrected chi connectivity index (χ3v) is 2.46. The zero-order valence-electron chi connectivity index (χ0n) is 7.66. The molecule has 12 heavy (non-hydrogen) atoms. The number of hydrogen-bond donors (Lipinski definition) is 1. The molecule has 0 fully saturated rings. The summed E-state index contributed by atoms with van der Waals surface area (Å²) in [6.07, 6.45) is 4.04. The van der Waals surface area contributed by atoms with Crippen molar-refractivity contribution in [1.29, 1.82) is 0 Å². The van der Waals surface area contributed by atoms with Crippen LogP contribution in [0.1, 0.15) is 25.6 Å². The van der Waals surface area contributed by atoms with Crippen LogP contribution >= 0.6 is 11.3 Å². The first-order chi connectivity index (χ1) is 5.59. The highest BCUT2D eigenvalue weighted by atomic mass is 32.1. The standard InChI is InChI=1S/C9H14N2S/c1-6(2)4-7(3)8-5-11-9(10)12-8/h4-6H,1-3H3,(H2,10,11). The van der Waals surface area contributed by atoms with E-state index in [4.69, 9.17) is 5.73 Å². The van der Waals surface area contributed by atoms with Crippen LogP contribution in [0.25, 0.3) is 5.57 Å². The van der Waals surface area contributed by atoms with Crippen LogP contribution in [0, 0.1) is 5.92 Å². The van der Waals surface area contributed by atoms with Crippen LogP contribution in [0.3, 0.4) is 0 Å². The summed E-state index contributed by atoms with van der Waals surface area (Å²) in [5, 5.41) is 0.640. The van der Waals surface area contributed by atoms with Crippen LogP contribution in [0.5, 0.6) is 0 Å². The molecule has 1 aromatic rings. The first-order valence-electron chi connectivity index (χ1n) is 3.99. The Kier molecular flexibility index (Phi) is 2.87. The summed E-state index contributed by atoms with van der Waals surface area (Å²) in [4.78, 5) is 5.17. The quantitative estimate of drug-likeness (QED) is 0.763. The molecular weight excluding hydrogens is 168 g/mol. The molecule has 0 saturated carbocycles. The Balaban J connectivity index is 2.84. The molecule has 66 valence electrons. The maximum Gasteiger partial charge on any atom is 0.180 e. The number of thiazole rings is 1. The number of anilines is 1. The molecular formula is C9H14N2S. The van der Waals surface area contributed by atoms with Gasteiger partial charge in [-0.05, 0) is 18.4 Å². The topological polar surface area (TPSA) is 38.9 Å². The highest BCUT2D eigenvalue weighted by molar-refractivity contribution is 7.16. The van der Waals surface area contributed by atoms with Gasteiger partial charge >= 0.3 is 0 Å². The predicted molar refractivity (Wildman–Crippen MR) is 55.0 cm³/mol. The summed E-state index contributed by atoms with van der Waals surface area (Å²) in [6, 6.07) is 0. The second-order valence-corrected chi connectivity index (χ2v) is 4.22. The number of hydrogen-bond acceptors (Lipinski definition) is 3. The van der Waals surface area contributed by atoms with Gasteiger partial charge in [-0.2, -0.15) is 0 Å². The average molecular weight is 182 g/mol. The van der Waals surface area contributed by atoms with Crippen LogP contribution < -0.4 is 5.73 Å². The van der Waals surface area contributed by atoms with Crippen molar-refractivity contribution in [3.8, 4) is 0 Å². The molecule has 0 aliphatic heterocycles. The Labute approximate surface area is 77.1 Å². The van der Waals surface area contributed by atoms with Gasteiger partial charge in [-0.3, -0.25) is 0 Å². The van der Waals surface area contributed by atoms with Crippen molar-refractivity contribution >= 4 is 22.0 Å². The molecule has 0 saturated heterocycles. The van der Waals surface area contributed by atoms with Gasteiger partial charge in [0.1, 0.15) is 0 Å². The smallest absolute Gasteiger partial charge is 0.180 e. The fraction of sp³-hybridized carbons (Fsp3) is 0.444. The highest BCUT2D eigenvalue weighted by Gasteiger charge is 2.00. The molecule has 2 nitrogen and oxygen atoms in total. The maximum atomic E-state index is 5.53. The second kappa shape index (κ2) is 3.72. The van der Waals surface area contributed by atoms with Gasteiger partial charge in [0.15, 0.2) is 5.13 Å². The number of rotatable bonds is 2. The first kappa shape index (κ1) is 9.26. The van der Waals surface area contributed by atoms with E-state index in [-0.39, 0.29) is 0 Å². The van der Waals surface area contributed by atoms with Crippen molar-refractivity contribution in [2.75, 3.05) is 5.73 Å². The fourth-order valence-corrected chi connectivity index (χ4v) is 1.72. The molecule has 0 atom stereocenters. The Morgan fingerprint density at radius 3 is 2.75 bits per heavy atom. The largest absolute Gasteiger partial charge is 0.375 e. The minimum Gasteiger partial charge on any atom is -0.375 e. The Bertz CT molecular complexity index is 286. The molecule has 2 N–H and O–H groups in total. The number of nitrogens with zero attached hydrogens (tertiary/aromatic N) is 1. The lowest BCUT2D eigenvalue weighted by Gasteiger charge is -1.98. The summed E-state index contributed by atoms with van der Waals surface area (Å²) in [5.74, 6) is 0.577. The Hall–Kier alpha value is -0.830. The Morgan fingerprint density at radius 1 is 1.67 bits per heavy atom. The maximum absolute atomic E-state index is 5.53. The van der Waals surface area contributed by atoms with Crippen LogP contribution in [-0.4, -0.2) is 4.98 Å². The third kappa shape index (κ3) is 2.34. The zero-order valence-corrected chi connectivity index (χ0v) is 8.48. The molecule has 1 heterocycles. The van der Waals surface area contributed by atoms with Crippen LogP contribution in [0.2, 0.25) is 0 Å². The van der Waals surface area contributed by atoms with E-state index in [1.54, 1.807) is 0 Å². The van der Waals surface area contributed by atoms with Gasteiger partial charge in [0, 0.05) is 6.20 Å². The number of aromatic nitrogens is 1. The molecule has 1 aromatic heterocycles. The van der Waals surface area contributed by atoms with E-state index >= 15 is 0 Å². The van der Waals surface area contributed by atoms with Crippen molar-refractivity contribution in [2.24, 2.45) is 5.92 Å². The normalized spacial score (nSPS) is 12.5. The van der Waals surface area contributed by atoms with E-state index in [2.05, 4.69) is 31.8 Å². The Morgan fingerprint density at radius 2 is 2.33 bits per heavy atom. The molecule has 3 heteroatoms. The summed E-state index contributed by atoms with van der Waals surface area (Å²) < 4.78 is 0.